The van der Waals surface area contributed by atoms with Crippen molar-refractivity contribution in [3.63, 3.8) is 0 Å². The van der Waals surface area contributed by atoms with Gasteiger partial charge in [0.25, 0.3) is 0 Å². The second kappa shape index (κ2) is 8.23. The van der Waals surface area contributed by atoms with Crippen LogP contribution in [0.15, 0.2) is 53.7 Å². The van der Waals surface area contributed by atoms with Gasteiger partial charge in [-0.25, -0.2) is 0 Å². The van der Waals surface area contributed by atoms with Gasteiger partial charge in [0.15, 0.2) is 5.16 Å². The average molecular weight is 401 g/mol. The fourth-order valence-corrected chi connectivity index (χ4v) is 4.31. The Morgan fingerprint density at radius 2 is 1.78 bits per heavy atom. The number of ether oxygens (including phenoxy) is 1. The van der Waals surface area contributed by atoms with E-state index in [4.69, 9.17) is 16.3 Å². The van der Waals surface area contributed by atoms with Crippen molar-refractivity contribution in [1.29, 1.82) is 0 Å². The van der Waals surface area contributed by atoms with Crippen LogP contribution in [-0.4, -0.2) is 35.0 Å². The molecule has 0 N–H and O–H groups in total. The Labute approximate surface area is 168 Å². The number of para-hydroxylation sites is 1. The van der Waals surface area contributed by atoms with Crippen LogP contribution in [0.3, 0.4) is 0 Å². The maximum Gasteiger partial charge on any atom is 0.232 e. The van der Waals surface area contributed by atoms with Gasteiger partial charge in [0.05, 0.1) is 17.8 Å². The Morgan fingerprint density at radius 3 is 2.48 bits per heavy atom. The highest BCUT2D eigenvalue weighted by Gasteiger charge is 2.23. The number of nitrogens with zero attached hydrogens (tertiary/aromatic N) is 4. The molecular weight excluding hydrogens is 380 g/mol. The van der Waals surface area contributed by atoms with E-state index in [-0.39, 0.29) is 0 Å². The highest BCUT2D eigenvalue weighted by atomic mass is 35.5. The number of aromatic nitrogens is 3. The Bertz CT molecular complexity index is 907. The van der Waals surface area contributed by atoms with Gasteiger partial charge in [-0.15, -0.1) is 10.2 Å². The van der Waals surface area contributed by atoms with E-state index in [9.17, 15) is 0 Å². The number of hydrogen-bond acceptors (Lipinski definition) is 5. The van der Waals surface area contributed by atoms with Crippen LogP contribution in [0, 0.1) is 0 Å². The molecule has 0 aliphatic carbocycles. The lowest BCUT2D eigenvalue weighted by Crippen LogP contribution is -2.22. The molecule has 1 fully saturated rings. The molecule has 27 heavy (non-hydrogen) atoms. The molecular formula is C20H21ClN4OS. The third kappa shape index (κ3) is 3.92. The zero-order valence-electron chi connectivity index (χ0n) is 15.1. The summed E-state index contributed by atoms with van der Waals surface area (Å²) in [5.41, 5.74) is 2.13. The molecule has 0 unspecified atom stereocenters. The van der Waals surface area contributed by atoms with Gasteiger partial charge in [0, 0.05) is 18.8 Å². The fourth-order valence-electron chi connectivity index (χ4n) is 3.19. The van der Waals surface area contributed by atoms with Crippen LogP contribution in [-0.2, 0) is 5.75 Å². The van der Waals surface area contributed by atoms with Gasteiger partial charge in [-0.05, 0) is 42.7 Å². The minimum Gasteiger partial charge on any atom is -0.497 e. The highest BCUT2D eigenvalue weighted by Crippen LogP contribution is 2.33. The first-order chi connectivity index (χ1) is 13.3. The zero-order chi connectivity index (χ0) is 18.6. The van der Waals surface area contributed by atoms with E-state index in [0.29, 0.717) is 5.02 Å². The molecule has 1 saturated heterocycles. The van der Waals surface area contributed by atoms with Crippen molar-refractivity contribution >= 4 is 29.3 Å². The van der Waals surface area contributed by atoms with Crippen molar-refractivity contribution in [3.05, 3.63) is 59.1 Å². The van der Waals surface area contributed by atoms with Gasteiger partial charge in [0.2, 0.25) is 5.95 Å². The second-order valence-electron chi connectivity index (χ2n) is 6.40. The third-order valence-electron chi connectivity index (χ3n) is 4.63. The minimum absolute atomic E-state index is 0.698. The maximum atomic E-state index is 6.50. The minimum atomic E-state index is 0.698. The summed E-state index contributed by atoms with van der Waals surface area (Å²) in [4.78, 5) is 2.29. The molecule has 7 heteroatoms. The maximum absolute atomic E-state index is 6.50. The van der Waals surface area contributed by atoms with Crippen molar-refractivity contribution in [2.24, 2.45) is 0 Å². The molecule has 4 rings (SSSR count). The van der Waals surface area contributed by atoms with Crippen LogP contribution in [0.4, 0.5) is 5.95 Å². The van der Waals surface area contributed by atoms with Gasteiger partial charge in [0.1, 0.15) is 5.75 Å². The van der Waals surface area contributed by atoms with E-state index < -0.39 is 0 Å². The van der Waals surface area contributed by atoms with E-state index in [1.54, 1.807) is 18.9 Å². The fraction of sp³-hybridized carbons (Fsp3) is 0.300. The number of hydrogen-bond donors (Lipinski definition) is 0. The van der Waals surface area contributed by atoms with Crippen molar-refractivity contribution in [3.8, 4) is 11.4 Å². The Hall–Kier alpha value is -2.18. The smallest absolute Gasteiger partial charge is 0.232 e. The Balaban J connectivity index is 1.64. The molecule has 0 spiro atoms. The summed E-state index contributed by atoms with van der Waals surface area (Å²) < 4.78 is 7.31. The molecule has 5 nitrogen and oxygen atoms in total. The lowest BCUT2D eigenvalue weighted by molar-refractivity contribution is 0.414. The van der Waals surface area contributed by atoms with E-state index in [2.05, 4.69) is 31.8 Å². The molecule has 1 aliphatic heterocycles. The van der Waals surface area contributed by atoms with Gasteiger partial charge in [-0.2, -0.15) is 0 Å². The third-order valence-corrected chi connectivity index (χ3v) is 5.95. The lowest BCUT2D eigenvalue weighted by Gasteiger charge is -2.19. The SMILES string of the molecule is COc1ccc(CSc2nnc(N3CCCC3)n2-c2ccccc2Cl)cc1. The number of halogens is 1. The molecule has 0 radical (unpaired) electrons. The van der Waals surface area contributed by atoms with Crippen LogP contribution >= 0.6 is 23.4 Å². The number of methoxy groups -OCH3 is 1. The molecule has 0 atom stereocenters. The lowest BCUT2D eigenvalue weighted by atomic mass is 10.2. The molecule has 0 bridgehead atoms. The molecule has 3 aromatic rings. The Kier molecular flexibility index (Phi) is 5.55. The van der Waals surface area contributed by atoms with E-state index >= 15 is 0 Å². The summed E-state index contributed by atoms with van der Waals surface area (Å²) in [6, 6.07) is 16.0. The summed E-state index contributed by atoms with van der Waals surface area (Å²) in [6.07, 6.45) is 2.37. The van der Waals surface area contributed by atoms with Crippen LogP contribution in [0.25, 0.3) is 5.69 Å². The Morgan fingerprint density at radius 1 is 1.04 bits per heavy atom. The van der Waals surface area contributed by atoms with E-state index in [0.717, 1.165) is 41.4 Å². The number of thioether (sulfide) groups is 1. The standard InChI is InChI=1S/C20H21ClN4OS/c1-26-16-10-8-15(9-11-16)14-27-20-23-22-19(24-12-4-5-13-24)25(20)18-7-3-2-6-17(18)21/h2-3,6-11H,4-5,12-14H2,1H3. The monoisotopic (exact) mass is 400 g/mol. The van der Waals surface area contributed by atoms with E-state index in [1.807, 2.05) is 36.4 Å². The van der Waals surface area contributed by atoms with Gasteiger partial charge in [-0.1, -0.05) is 47.6 Å². The van der Waals surface area contributed by atoms with Crippen molar-refractivity contribution in [1.82, 2.24) is 14.8 Å². The second-order valence-corrected chi connectivity index (χ2v) is 7.75. The summed E-state index contributed by atoms with van der Waals surface area (Å²) in [6.45, 7) is 2.01. The predicted molar refractivity (Wildman–Crippen MR) is 110 cm³/mol. The molecule has 1 aromatic heterocycles. The molecule has 140 valence electrons. The quantitative estimate of drug-likeness (QED) is 0.555. The van der Waals surface area contributed by atoms with E-state index in [1.165, 1.54) is 18.4 Å². The van der Waals surface area contributed by atoms with Crippen LogP contribution in [0.2, 0.25) is 5.02 Å². The first kappa shape index (κ1) is 18.2. The topological polar surface area (TPSA) is 43.2 Å². The summed E-state index contributed by atoms with van der Waals surface area (Å²) in [7, 11) is 1.68. The van der Waals surface area contributed by atoms with Crippen molar-refractivity contribution in [2.45, 2.75) is 23.8 Å². The highest BCUT2D eigenvalue weighted by molar-refractivity contribution is 7.98. The number of anilines is 1. The largest absolute Gasteiger partial charge is 0.497 e. The zero-order valence-corrected chi connectivity index (χ0v) is 16.7. The normalized spacial score (nSPS) is 13.9. The predicted octanol–water partition coefficient (Wildman–Crippen LogP) is 4.82. The summed E-state index contributed by atoms with van der Waals surface area (Å²) >= 11 is 8.16. The molecule has 2 aromatic carbocycles. The number of rotatable bonds is 6. The first-order valence-corrected chi connectivity index (χ1v) is 10.3. The average Bonchev–Trinajstić information content (AvgIpc) is 3.37. The van der Waals surface area contributed by atoms with Crippen molar-refractivity contribution < 1.29 is 4.74 Å². The molecule has 1 aliphatic rings. The van der Waals surface area contributed by atoms with Gasteiger partial charge < -0.3 is 9.64 Å². The first-order valence-electron chi connectivity index (χ1n) is 8.97. The number of benzene rings is 2. The van der Waals surface area contributed by atoms with Gasteiger partial charge >= 0.3 is 0 Å². The van der Waals surface area contributed by atoms with Crippen molar-refractivity contribution in [2.75, 3.05) is 25.1 Å². The molecule has 0 saturated carbocycles. The molecule has 0 amide bonds. The molecule has 2 heterocycles. The summed E-state index contributed by atoms with van der Waals surface area (Å²) in [5.74, 6) is 2.53. The van der Waals surface area contributed by atoms with Gasteiger partial charge in [-0.3, -0.25) is 4.57 Å². The van der Waals surface area contributed by atoms with Crippen LogP contribution in [0.1, 0.15) is 18.4 Å². The van der Waals surface area contributed by atoms with Crippen LogP contribution in [0.5, 0.6) is 5.75 Å². The summed E-state index contributed by atoms with van der Waals surface area (Å²) in [5, 5.41) is 10.5. The van der Waals surface area contributed by atoms with Crippen LogP contribution < -0.4 is 9.64 Å².